The van der Waals surface area contributed by atoms with E-state index in [9.17, 15) is 0 Å². The van der Waals surface area contributed by atoms with Gasteiger partial charge >= 0.3 is 0 Å². The largest absolute Gasteiger partial charge is 0.488 e. The Balaban J connectivity index is 1.52. The number of thiazole rings is 1. The van der Waals surface area contributed by atoms with E-state index in [4.69, 9.17) is 21.6 Å². The number of aryl methyl sites for hydroxylation is 1. The zero-order chi connectivity index (χ0) is 19.5. The molecule has 2 heterocycles. The SMILES string of the molecule is Cc1nc(-c2ccc(Cl)cc2)sc1COc1cccc(-c2nn[nH]c2C#N)c1. The topological polar surface area (TPSA) is 87.5 Å². The van der Waals surface area contributed by atoms with Crippen LogP contribution in [0.4, 0.5) is 0 Å². The van der Waals surface area contributed by atoms with E-state index in [1.54, 1.807) is 11.3 Å². The molecule has 2 aromatic heterocycles. The van der Waals surface area contributed by atoms with Crippen molar-refractivity contribution in [2.45, 2.75) is 13.5 Å². The fraction of sp³-hybridized carbons (Fsp3) is 0.100. The van der Waals surface area contributed by atoms with Crippen LogP contribution in [0.25, 0.3) is 21.8 Å². The lowest BCUT2D eigenvalue weighted by atomic mass is 10.1. The third kappa shape index (κ3) is 3.74. The highest BCUT2D eigenvalue weighted by atomic mass is 35.5. The summed E-state index contributed by atoms with van der Waals surface area (Å²) >= 11 is 7.55. The summed E-state index contributed by atoms with van der Waals surface area (Å²) in [4.78, 5) is 5.69. The number of halogens is 1. The minimum absolute atomic E-state index is 0.322. The molecule has 1 N–H and O–H groups in total. The van der Waals surface area contributed by atoms with E-state index in [-0.39, 0.29) is 0 Å². The second-order valence-electron chi connectivity index (χ2n) is 6.00. The van der Waals surface area contributed by atoms with Gasteiger partial charge in [-0.1, -0.05) is 41.1 Å². The molecule has 0 saturated carbocycles. The molecule has 28 heavy (non-hydrogen) atoms. The van der Waals surface area contributed by atoms with Gasteiger partial charge in [0.15, 0.2) is 5.69 Å². The molecule has 0 aliphatic rings. The van der Waals surface area contributed by atoms with E-state index >= 15 is 0 Å². The van der Waals surface area contributed by atoms with Crippen LogP contribution in [0.1, 0.15) is 16.3 Å². The zero-order valence-electron chi connectivity index (χ0n) is 14.8. The number of aromatic nitrogens is 4. The van der Waals surface area contributed by atoms with Gasteiger partial charge in [-0.2, -0.15) is 5.26 Å². The molecule has 0 bridgehead atoms. The van der Waals surface area contributed by atoms with Crippen molar-refractivity contribution in [1.29, 1.82) is 5.26 Å². The summed E-state index contributed by atoms with van der Waals surface area (Å²) in [6.45, 7) is 2.38. The predicted octanol–water partition coefficient (Wildman–Crippen LogP) is 5.01. The van der Waals surface area contributed by atoms with Crippen LogP contribution in [0, 0.1) is 18.3 Å². The van der Waals surface area contributed by atoms with Crippen molar-refractivity contribution in [2.75, 3.05) is 0 Å². The first-order chi connectivity index (χ1) is 13.6. The van der Waals surface area contributed by atoms with Crippen LogP contribution >= 0.6 is 22.9 Å². The highest BCUT2D eigenvalue weighted by molar-refractivity contribution is 7.15. The lowest BCUT2D eigenvalue weighted by Gasteiger charge is -2.06. The number of benzene rings is 2. The number of aromatic amines is 1. The Kier molecular flexibility index (Phi) is 5.06. The van der Waals surface area contributed by atoms with E-state index in [2.05, 4.69) is 20.4 Å². The van der Waals surface area contributed by atoms with Crippen LogP contribution < -0.4 is 4.74 Å². The van der Waals surface area contributed by atoms with Crippen molar-refractivity contribution in [3.8, 4) is 33.6 Å². The van der Waals surface area contributed by atoms with Crippen LogP contribution in [0.2, 0.25) is 5.02 Å². The molecule has 0 aliphatic carbocycles. The first-order valence-electron chi connectivity index (χ1n) is 8.40. The minimum atomic E-state index is 0.322. The average Bonchev–Trinajstić information content (AvgIpc) is 3.33. The lowest BCUT2D eigenvalue weighted by Crippen LogP contribution is -1.95. The van der Waals surface area contributed by atoms with Gasteiger partial charge in [0, 0.05) is 16.1 Å². The van der Waals surface area contributed by atoms with E-state index in [0.29, 0.717) is 28.8 Å². The zero-order valence-corrected chi connectivity index (χ0v) is 16.4. The smallest absolute Gasteiger partial charge is 0.163 e. The highest BCUT2D eigenvalue weighted by Gasteiger charge is 2.12. The van der Waals surface area contributed by atoms with Crippen molar-refractivity contribution in [2.24, 2.45) is 0 Å². The molecule has 4 aromatic rings. The standard InChI is InChI=1S/C20H14ClN5OS/c1-12-18(28-20(23-12)13-5-7-15(21)8-6-13)11-27-16-4-2-3-14(9-16)19-17(10-22)24-26-25-19/h2-9H,11H2,1H3,(H,24,25,26). The molecule has 0 saturated heterocycles. The Morgan fingerprint density at radius 1 is 1.18 bits per heavy atom. The number of hydrogen-bond acceptors (Lipinski definition) is 6. The molecule has 138 valence electrons. The van der Waals surface area contributed by atoms with Crippen molar-refractivity contribution >= 4 is 22.9 Å². The first-order valence-corrected chi connectivity index (χ1v) is 9.60. The number of nitrogens with zero attached hydrogens (tertiary/aromatic N) is 4. The number of H-pyrrole nitrogens is 1. The van der Waals surface area contributed by atoms with Gasteiger partial charge in [-0.25, -0.2) is 10.1 Å². The average molecular weight is 408 g/mol. The molecular weight excluding hydrogens is 394 g/mol. The van der Waals surface area contributed by atoms with Crippen LogP contribution in [-0.4, -0.2) is 20.4 Å². The second kappa shape index (κ2) is 7.80. The Morgan fingerprint density at radius 2 is 2.00 bits per heavy atom. The molecule has 0 unspecified atom stereocenters. The third-order valence-electron chi connectivity index (χ3n) is 4.12. The van der Waals surface area contributed by atoms with Gasteiger partial charge in [0.05, 0.1) is 10.6 Å². The van der Waals surface area contributed by atoms with Gasteiger partial charge in [0.1, 0.15) is 29.1 Å². The van der Waals surface area contributed by atoms with E-state index in [0.717, 1.165) is 26.7 Å². The molecule has 0 radical (unpaired) electrons. The number of nitrogens with one attached hydrogen (secondary N) is 1. The van der Waals surface area contributed by atoms with Crippen molar-refractivity contribution in [3.63, 3.8) is 0 Å². The maximum absolute atomic E-state index is 9.13. The molecule has 8 heteroatoms. The summed E-state index contributed by atoms with van der Waals surface area (Å²) in [5.41, 5.74) is 3.57. The summed E-state index contributed by atoms with van der Waals surface area (Å²) in [6.07, 6.45) is 0. The molecule has 0 fully saturated rings. The molecule has 6 nitrogen and oxygen atoms in total. The summed E-state index contributed by atoms with van der Waals surface area (Å²) in [5, 5.41) is 21.0. The summed E-state index contributed by atoms with van der Waals surface area (Å²) in [5.74, 6) is 0.685. The molecule has 4 rings (SSSR count). The molecular formula is C20H14ClN5OS. The maximum atomic E-state index is 9.13. The van der Waals surface area contributed by atoms with Crippen molar-refractivity contribution in [3.05, 3.63) is 69.8 Å². The minimum Gasteiger partial charge on any atom is -0.488 e. The molecule has 0 aliphatic heterocycles. The molecule has 0 amide bonds. The quantitative estimate of drug-likeness (QED) is 0.502. The lowest BCUT2D eigenvalue weighted by molar-refractivity contribution is 0.309. The maximum Gasteiger partial charge on any atom is 0.163 e. The third-order valence-corrected chi connectivity index (χ3v) is 5.55. The van der Waals surface area contributed by atoms with E-state index < -0.39 is 0 Å². The fourth-order valence-corrected chi connectivity index (χ4v) is 3.78. The van der Waals surface area contributed by atoms with Gasteiger partial charge in [0.2, 0.25) is 0 Å². The second-order valence-corrected chi connectivity index (χ2v) is 7.52. The van der Waals surface area contributed by atoms with E-state index in [1.807, 2.05) is 61.5 Å². The van der Waals surface area contributed by atoms with Crippen LogP contribution in [0.5, 0.6) is 5.75 Å². The predicted molar refractivity (Wildman–Crippen MR) is 108 cm³/mol. The van der Waals surface area contributed by atoms with Crippen LogP contribution in [-0.2, 0) is 6.61 Å². The van der Waals surface area contributed by atoms with Gasteiger partial charge in [-0.05, 0) is 31.2 Å². The van der Waals surface area contributed by atoms with Crippen LogP contribution in [0.3, 0.4) is 0 Å². The summed E-state index contributed by atoms with van der Waals surface area (Å²) in [6, 6.07) is 17.1. The Morgan fingerprint density at radius 3 is 2.79 bits per heavy atom. The van der Waals surface area contributed by atoms with Gasteiger partial charge in [-0.15, -0.1) is 16.4 Å². The Hall–Kier alpha value is -3.21. The van der Waals surface area contributed by atoms with E-state index in [1.165, 1.54) is 0 Å². The fourth-order valence-electron chi connectivity index (χ4n) is 2.67. The van der Waals surface area contributed by atoms with Crippen LogP contribution in [0.15, 0.2) is 48.5 Å². The first kappa shape index (κ1) is 18.2. The summed E-state index contributed by atoms with van der Waals surface area (Å²) < 4.78 is 5.96. The normalized spacial score (nSPS) is 10.6. The van der Waals surface area contributed by atoms with Gasteiger partial charge in [0.25, 0.3) is 0 Å². The number of rotatable bonds is 5. The van der Waals surface area contributed by atoms with Gasteiger partial charge in [-0.3, -0.25) is 0 Å². The highest BCUT2D eigenvalue weighted by Crippen LogP contribution is 2.30. The van der Waals surface area contributed by atoms with Gasteiger partial charge < -0.3 is 4.74 Å². The monoisotopic (exact) mass is 407 g/mol. The number of nitriles is 1. The number of hydrogen-bond donors (Lipinski definition) is 1. The molecule has 2 aromatic carbocycles. The molecule has 0 spiro atoms. The summed E-state index contributed by atoms with van der Waals surface area (Å²) in [7, 11) is 0. The molecule has 0 atom stereocenters. The Labute approximate surface area is 170 Å². The van der Waals surface area contributed by atoms with Crippen molar-refractivity contribution < 1.29 is 4.74 Å². The Bertz CT molecular complexity index is 1160. The number of ether oxygens (including phenoxy) is 1. The van der Waals surface area contributed by atoms with Crippen molar-refractivity contribution in [1.82, 2.24) is 20.4 Å².